The molecule has 4 fully saturated rings. The topological polar surface area (TPSA) is 9.23 Å². The van der Waals surface area contributed by atoms with Gasteiger partial charge in [0.1, 0.15) is 11.6 Å². The van der Waals surface area contributed by atoms with E-state index in [0.717, 1.165) is 37.8 Å². The summed E-state index contributed by atoms with van der Waals surface area (Å²) < 4.78 is 84.8. The van der Waals surface area contributed by atoms with Crippen molar-refractivity contribution >= 4 is 0 Å². The summed E-state index contributed by atoms with van der Waals surface area (Å²) in [6.45, 7) is 2.26. The Morgan fingerprint density at radius 1 is 0.838 bits per heavy atom. The van der Waals surface area contributed by atoms with Gasteiger partial charge in [0, 0.05) is 0 Å². The first kappa shape index (κ1) is 26.4. The van der Waals surface area contributed by atoms with Crippen molar-refractivity contribution in [3.05, 3.63) is 53.3 Å². The summed E-state index contributed by atoms with van der Waals surface area (Å²) in [6.07, 6.45) is 9.66. The highest BCUT2D eigenvalue weighted by atomic mass is 19.4. The molecule has 1 nitrogen and oxygen atoms in total. The van der Waals surface area contributed by atoms with Gasteiger partial charge in [0.15, 0.2) is 11.6 Å². The molecule has 0 unspecified atom stereocenters. The molecule has 0 aliphatic heterocycles. The average Bonchev–Trinajstić information content (AvgIpc) is 2.78. The third-order valence-corrected chi connectivity index (χ3v) is 9.22. The van der Waals surface area contributed by atoms with Gasteiger partial charge in [-0.25, -0.2) is 13.2 Å². The second kappa shape index (κ2) is 9.85. The second-order valence-corrected chi connectivity index (χ2v) is 11.9. The lowest BCUT2D eigenvalue weighted by atomic mass is 9.33. The number of halogens is 6. The Kier molecular flexibility index (Phi) is 7.03. The molecule has 7 heteroatoms. The SMILES string of the molecule is CCCCC12CC(CC[C@H]3CC[C@H](c4cc(F)c(-c5ccc(OC(F)(F)F)c(F)c5)c(F)c4)CC3)(C1)C2. The molecule has 0 N–H and O–H groups in total. The van der Waals surface area contributed by atoms with Gasteiger partial charge in [-0.2, -0.15) is 0 Å². The summed E-state index contributed by atoms with van der Waals surface area (Å²) in [6, 6.07) is 4.99. The zero-order chi connectivity index (χ0) is 26.4. The number of alkyl halides is 3. The molecule has 6 rings (SSSR count). The van der Waals surface area contributed by atoms with Crippen molar-refractivity contribution < 1.29 is 31.1 Å². The number of hydrogen-bond donors (Lipinski definition) is 0. The minimum atomic E-state index is -5.06. The Balaban J connectivity index is 1.16. The smallest absolute Gasteiger partial charge is 0.403 e. The number of benzene rings is 2. The number of ether oxygens (including phenoxy) is 1. The molecular weight excluding hydrogens is 490 g/mol. The molecule has 4 aliphatic rings. The predicted molar refractivity (Wildman–Crippen MR) is 131 cm³/mol. The van der Waals surface area contributed by atoms with Crippen LogP contribution in [0, 0.1) is 34.2 Å². The van der Waals surface area contributed by atoms with E-state index in [1.165, 1.54) is 63.5 Å². The van der Waals surface area contributed by atoms with Crippen LogP contribution < -0.4 is 4.74 Å². The molecule has 37 heavy (non-hydrogen) atoms. The summed E-state index contributed by atoms with van der Waals surface area (Å²) in [5, 5.41) is 0. The summed E-state index contributed by atoms with van der Waals surface area (Å²) in [4.78, 5) is 0. The Bertz CT molecular complexity index is 1090. The monoisotopic (exact) mass is 524 g/mol. The first-order valence-electron chi connectivity index (χ1n) is 13.6. The fourth-order valence-electron chi connectivity index (χ4n) is 7.58. The van der Waals surface area contributed by atoms with Gasteiger partial charge in [0.05, 0.1) is 5.56 Å². The molecule has 2 bridgehead atoms. The maximum atomic E-state index is 15.0. The normalized spacial score (nSPS) is 28.9. The van der Waals surface area contributed by atoms with Gasteiger partial charge < -0.3 is 4.74 Å². The lowest BCUT2D eigenvalue weighted by molar-refractivity contribution is -0.275. The van der Waals surface area contributed by atoms with Gasteiger partial charge in [-0.3, -0.25) is 0 Å². The second-order valence-electron chi connectivity index (χ2n) is 11.9. The lowest BCUT2D eigenvalue weighted by Gasteiger charge is -2.72. The number of unbranched alkanes of at least 4 members (excludes halogenated alkanes) is 1. The van der Waals surface area contributed by atoms with E-state index in [1.807, 2.05) is 0 Å². The van der Waals surface area contributed by atoms with Gasteiger partial charge in [-0.1, -0.05) is 25.8 Å². The third-order valence-electron chi connectivity index (χ3n) is 9.22. The summed E-state index contributed by atoms with van der Waals surface area (Å²) >= 11 is 0. The van der Waals surface area contributed by atoms with Gasteiger partial charge in [0.2, 0.25) is 0 Å². The van der Waals surface area contributed by atoms with Crippen LogP contribution >= 0.6 is 0 Å². The lowest BCUT2D eigenvalue weighted by Crippen LogP contribution is -2.61. The van der Waals surface area contributed by atoms with E-state index in [2.05, 4.69) is 11.7 Å². The Labute approximate surface area is 214 Å². The fraction of sp³-hybridized carbons (Fsp3) is 0.600. The van der Waals surface area contributed by atoms with Gasteiger partial charge in [-0.15, -0.1) is 13.2 Å². The van der Waals surface area contributed by atoms with E-state index in [9.17, 15) is 26.3 Å². The summed E-state index contributed by atoms with van der Waals surface area (Å²) in [5.74, 6) is -3.34. The van der Waals surface area contributed by atoms with Crippen molar-refractivity contribution in [3.63, 3.8) is 0 Å². The molecule has 0 radical (unpaired) electrons. The van der Waals surface area contributed by atoms with Crippen LogP contribution in [0.5, 0.6) is 5.75 Å². The summed E-state index contributed by atoms with van der Waals surface area (Å²) in [5.41, 5.74) is 1.25. The zero-order valence-electron chi connectivity index (χ0n) is 21.2. The van der Waals surface area contributed by atoms with Crippen LogP contribution in [-0.2, 0) is 0 Å². The first-order valence-corrected chi connectivity index (χ1v) is 13.6. The van der Waals surface area contributed by atoms with E-state index in [0.29, 0.717) is 28.4 Å². The van der Waals surface area contributed by atoms with E-state index in [-0.39, 0.29) is 11.5 Å². The standard InChI is InChI=1S/C30H34F6O/c1-2-3-11-28-16-29(17-28,18-28)12-10-19-4-6-20(7-5-19)22-14-24(32)27(25(33)15-22)21-8-9-26(23(31)13-21)37-30(34,35)36/h8-9,13-15,19-20H,2-7,10-12,16-18H2,1H3/t19-,20-,28?,29?. The average molecular weight is 525 g/mol. The Morgan fingerprint density at radius 3 is 2.03 bits per heavy atom. The molecule has 202 valence electrons. The van der Waals surface area contributed by atoms with Crippen molar-refractivity contribution in [2.45, 2.75) is 96.3 Å². The van der Waals surface area contributed by atoms with E-state index >= 15 is 0 Å². The van der Waals surface area contributed by atoms with E-state index in [1.54, 1.807) is 0 Å². The highest BCUT2D eigenvalue weighted by molar-refractivity contribution is 5.66. The molecule has 0 saturated heterocycles. The highest BCUT2D eigenvalue weighted by Gasteiger charge is 2.65. The Morgan fingerprint density at radius 2 is 1.46 bits per heavy atom. The predicted octanol–water partition coefficient (Wildman–Crippen LogP) is 10.1. The molecule has 0 spiro atoms. The fourth-order valence-corrected chi connectivity index (χ4v) is 7.58. The molecule has 0 aromatic heterocycles. The third kappa shape index (κ3) is 5.51. The van der Waals surface area contributed by atoms with Crippen molar-refractivity contribution in [2.24, 2.45) is 16.7 Å². The quantitative estimate of drug-likeness (QED) is 0.297. The first-order chi connectivity index (χ1) is 17.5. The van der Waals surface area contributed by atoms with Crippen LogP contribution in [0.15, 0.2) is 30.3 Å². The van der Waals surface area contributed by atoms with Crippen molar-refractivity contribution in [1.29, 1.82) is 0 Å². The van der Waals surface area contributed by atoms with Crippen molar-refractivity contribution in [1.82, 2.24) is 0 Å². The molecule has 0 heterocycles. The largest absolute Gasteiger partial charge is 0.573 e. The van der Waals surface area contributed by atoms with Crippen LogP contribution in [0.2, 0.25) is 0 Å². The van der Waals surface area contributed by atoms with Crippen LogP contribution in [0.1, 0.15) is 95.5 Å². The molecule has 2 aromatic carbocycles. The highest BCUT2D eigenvalue weighted by Crippen LogP contribution is 2.77. The van der Waals surface area contributed by atoms with Crippen molar-refractivity contribution in [2.75, 3.05) is 0 Å². The molecule has 4 aliphatic carbocycles. The minimum Gasteiger partial charge on any atom is -0.403 e. The number of rotatable bonds is 9. The van der Waals surface area contributed by atoms with Crippen LogP contribution in [0.3, 0.4) is 0 Å². The zero-order valence-corrected chi connectivity index (χ0v) is 21.2. The van der Waals surface area contributed by atoms with Gasteiger partial charge >= 0.3 is 6.36 Å². The van der Waals surface area contributed by atoms with E-state index < -0.39 is 35.1 Å². The van der Waals surface area contributed by atoms with Gasteiger partial charge in [0.25, 0.3) is 0 Å². The molecule has 2 aromatic rings. The van der Waals surface area contributed by atoms with Crippen LogP contribution in [0.4, 0.5) is 26.3 Å². The van der Waals surface area contributed by atoms with Crippen LogP contribution in [0.25, 0.3) is 11.1 Å². The molecule has 0 amide bonds. The maximum Gasteiger partial charge on any atom is 0.573 e. The molecule has 4 saturated carbocycles. The van der Waals surface area contributed by atoms with E-state index in [4.69, 9.17) is 0 Å². The number of hydrogen-bond acceptors (Lipinski definition) is 1. The Hall–Kier alpha value is -2.18. The molecule has 0 atom stereocenters. The summed E-state index contributed by atoms with van der Waals surface area (Å²) in [7, 11) is 0. The van der Waals surface area contributed by atoms with Gasteiger partial charge in [-0.05, 0) is 122 Å². The van der Waals surface area contributed by atoms with Crippen molar-refractivity contribution in [3.8, 4) is 16.9 Å². The van der Waals surface area contributed by atoms with Crippen LogP contribution in [-0.4, -0.2) is 6.36 Å². The minimum absolute atomic E-state index is 0.0702. The maximum absolute atomic E-state index is 15.0. The molecular formula is C30H34F6O.